The van der Waals surface area contributed by atoms with Crippen LogP contribution in [0, 0.1) is 22.2 Å². The topological polar surface area (TPSA) is 20.7 Å². The van der Waals surface area contributed by atoms with Gasteiger partial charge in [-0.05, 0) is 30.4 Å². The Labute approximate surface area is 121 Å². The molecule has 0 aliphatic heterocycles. The van der Waals surface area contributed by atoms with Crippen molar-refractivity contribution >= 4 is 34.9 Å². The van der Waals surface area contributed by atoms with E-state index < -0.39 is 17.5 Å². The highest BCUT2D eigenvalue weighted by atomic mass is 35.5. The number of H-pyrrole nitrogens is 1. The SMILES string of the molecule is Fc1ccc(-n2c(=S)[nH]c3c(F)cc(F)cc32)c(Cl)c1. The minimum Gasteiger partial charge on any atom is -0.328 e. The first kappa shape index (κ1) is 13.2. The number of nitrogens with one attached hydrogen (secondary N) is 1. The highest BCUT2D eigenvalue weighted by Gasteiger charge is 2.14. The van der Waals surface area contributed by atoms with Gasteiger partial charge in [0.2, 0.25) is 0 Å². The molecule has 1 N–H and O–H groups in total. The van der Waals surface area contributed by atoms with E-state index in [1.165, 1.54) is 16.7 Å². The minimum absolute atomic E-state index is 0.0665. The van der Waals surface area contributed by atoms with E-state index >= 15 is 0 Å². The lowest BCUT2D eigenvalue weighted by atomic mass is 10.2. The van der Waals surface area contributed by atoms with E-state index in [1.807, 2.05) is 0 Å². The first-order valence-electron chi connectivity index (χ1n) is 5.52. The molecule has 0 spiro atoms. The van der Waals surface area contributed by atoms with E-state index in [1.54, 1.807) is 0 Å². The maximum Gasteiger partial charge on any atom is 0.182 e. The van der Waals surface area contributed by atoms with Crippen molar-refractivity contribution in [3.05, 3.63) is 57.6 Å². The lowest BCUT2D eigenvalue weighted by molar-refractivity contribution is 0.590. The summed E-state index contributed by atoms with van der Waals surface area (Å²) in [5, 5.41) is 0.0895. The Kier molecular flexibility index (Phi) is 3.07. The van der Waals surface area contributed by atoms with Crippen LogP contribution < -0.4 is 0 Å². The zero-order valence-electron chi connectivity index (χ0n) is 9.75. The second-order valence-corrected chi connectivity index (χ2v) is 4.94. The molecule has 0 amide bonds. The summed E-state index contributed by atoms with van der Waals surface area (Å²) in [7, 11) is 0. The van der Waals surface area contributed by atoms with E-state index in [0.29, 0.717) is 5.69 Å². The summed E-state index contributed by atoms with van der Waals surface area (Å²) in [6, 6.07) is 5.57. The third kappa shape index (κ3) is 2.01. The van der Waals surface area contributed by atoms with Gasteiger partial charge in [0.15, 0.2) is 10.6 Å². The summed E-state index contributed by atoms with van der Waals surface area (Å²) in [5.74, 6) is -2.01. The standard InChI is InChI=1S/C13H6ClF3N2S/c14-8-3-6(15)1-2-10(8)19-11-5-7(16)4-9(17)12(11)18-13(19)20/h1-5H,(H,18,20). The predicted molar refractivity (Wildman–Crippen MR) is 73.3 cm³/mol. The summed E-state index contributed by atoms with van der Waals surface area (Å²) >= 11 is 11.1. The van der Waals surface area contributed by atoms with Gasteiger partial charge < -0.3 is 4.98 Å². The highest BCUT2D eigenvalue weighted by Crippen LogP contribution is 2.27. The fraction of sp³-hybridized carbons (Fsp3) is 0. The normalized spacial score (nSPS) is 11.2. The average molecular weight is 315 g/mol. The number of imidazole rings is 1. The molecule has 0 aliphatic carbocycles. The number of hydrogen-bond acceptors (Lipinski definition) is 1. The third-order valence-electron chi connectivity index (χ3n) is 2.86. The van der Waals surface area contributed by atoms with Gasteiger partial charge in [-0.3, -0.25) is 4.57 Å². The molecule has 3 aromatic rings. The molecule has 0 saturated carbocycles. The van der Waals surface area contributed by atoms with Crippen LogP contribution in [-0.4, -0.2) is 9.55 Å². The van der Waals surface area contributed by atoms with Crippen molar-refractivity contribution in [2.75, 3.05) is 0 Å². The number of aromatic amines is 1. The second kappa shape index (κ2) is 4.64. The van der Waals surface area contributed by atoms with Crippen LogP contribution in [0.5, 0.6) is 0 Å². The Morgan fingerprint density at radius 2 is 1.80 bits per heavy atom. The summed E-state index contributed by atoms with van der Waals surface area (Å²) in [6.07, 6.45) is 0. The Bertz CT molecular complexity index is 885. The lowest BCUT2D eigenvalue weighted by Gasteiger charge is -2.07. The highest BCUT2D eigenvalue weighted by molar-refractivity contribution is 7.71. The minimum atomic E-state index is -0.761. The number of rotatable bonds is 1. The number of fused-ring (bicyclic) bond motifs is 1. The van der Waals surface area contributed by atoms with Crippen molar-refractivity contribution in [3.8, 4) is 5.69 Å². The van der Waals surface area contributed by atoms with Gasteiger partial charge in [0, 0.05) is 12.1 Å². The van der Waals surface area contributed by atoms with Crippen LogP contribution in [0.2, 0.25) is 5.02 Å². The van der Waals surface area contributed by atoms with Gasteiger partial charge in [-0.2, -0.15) is 0 Å². The molecule has 0 saturated heterocycles. The fourth-order valence-electron chi connectivity index (χ4n) is 2.03. The zero-order chi connectivity index (χ0) is 14.4. The third-order valence-corrected chi connectivity index (χ3v) is 3.45. The molecule has 3 rings (SSSR count). The van der Waals surface area contributed by atoms with Crippen molar-refractivity contribution in [1.82, 2.24) is 9.55 Å². The second-order valence-electron chi connectivity index (χ2n) is 4.14. The summed E-state index contributed by atoms with van der Waals surface area (Å²) < 4.78 is 41.7. The van der Waals surface area contributed by atoms with Gasteiger partial charge >= 0.3 is 0 Å². The molecule has 1 heterocycles. The van der Waals surface area contributed by atoms with E-state index in [-0.39, 0.29) is 20.8 Å². The van der Waals surface area contributed by atoms with Crippen LogP contribution in [0.3, 0.4) is 0 Å². The van der Waals surface area contributed by atoms with Gasteiger partial charge in [-0.25, -0.2) is 13.2 Å². The monoisotopic (exact) mass is 314 g/mol. The van der Waals surface area contributed by atoms with Crippen LogP contribution >= 0.6 is 23.8 Å². The molecular formula is C13H6ClF3N2S. The molecule has 0 radical (unpaired) electrons. The molecule has 7 heteroatoms. The van der Waals surface area contributed by atoms with Crippen molar-refractivity contribution in [3.63, 3.8) is 0 Å². The molecule has 0 aliphatic rings. The van der Waals surface area contributed by atoms with Gasteiger partial charge in [0.05, 0.1) is 16.2 Å². The lowest BCUT2D eigenvalue weighted by Crippen LogP contribution is -1.96. The van der Waals surface area contributed by atoms with Gasteiger partial charge in [0.25, 0.3) is 0 Å². The maximum absolute atomic E-state index is 13.7. The molecule has 2 nitrogen and oxygen atoms in total. The van der Waals surface area contributed by atoms with Crippen LogP contribution in [0.4, 0.5) is 13.2 Å². The number of aromatic nitrogens is 2. The Balaban J connectivity index is 2.42. The summed E-state index contributed by atoms with van der Waals surface area (Å²) in [4.78, 5) is 2.65. The molecule has 102 valence electrons. The molecule has 0 bridgehead atoms. The number of nitrogens with zero attached hydrogens (tertiary/aromatic N) is 1. The van der Waals surface area contributed by atoms with Crippen LogP contribution in [0.25, 0.3) is 16.7 Å². The van der Waals surface area contributed by atoms with Gasteiger partial charge in [-0.1, -0.05) is 11.6 Å². The first-order chi connectivity index (χ1) is 9.47. The number of halogens is 4. The summed E-state index contributed by atoms with van der Waals surface area (Å²) in [5.41, 5.74) is 0.604. The number of hydrogen-bond donors (Lipinski definition) is 1. The molecule has 0 fully saturated rings. The van der Waals surface area contributed by atoms with Crippen molar-refractivity contribution < 1.29 is 13.2 Å². The fourth-order valence-corrected chi connectivity index (χ4v) is 2.58. The van der Waals surface area contributed by atoms with Crippen molar-refractivity contribution in [2.45, 2.75) is 0 Å². The van der Waals surface area contributed by atoms with Crippen LogP contribution in [-0.2, 0) is 0 Å². The molecule has 0 atom stereocenters. The Morgan fingerprint density at radius 3 is 2.50 bits per heavy atom. The Morgan fingerprint density at radius 1 is 1.05 bits per heavy atom. The van der Waals surface area contributed by atoms with E-state index in [4.69, 9.17) is 23.8 Å². The van der Waals surface area contributed by atoms with Crippen molar-refractivity contribution in [1.29, 1.82) is 0 Å². The molecule has 0 unspecified atom stereocenters. The molecule has 1 aromatic heterocycles. The van der Waals surface area contributed by atoms with E-state index in [2.05, 4.69) is 4.98 Å². The van der Waals surface area contributed by atoms with E-state index in [0.717, 1.165) is 18.2 Å². The maximum atomic E-state index is 13.7. The Hall–Kier alpha value is -1.79. The van der Waals surface area contributed by atoms with Crippen LogP contribution in [0.15, 0.2) is 30.3 Å². The zero-order valence-corrected chi connectivity index (χ0v) is 11.3. The van der Waals surface area contributed by atoms with E-state index in [9.17, 15) is 13.2 Å². The molecular weight excluding hydrogens is 309 g/mol. The van der Waals surface area contributed by atoms with Gasteiger partial charge in [-0.15, -0.1) is 0 Å². The largest absolute Gasteiger partial charge is 0.328 e. The number of benzene rings is 2. The first-order valence-corrected chi connectivity index (χ1v) is 6.31. The van der Waals surface area contributed by atoms with Gasteiger partial charge in [0.1, 0.15) is 17.2 Å². The smallest absolute Gasteiger partial charge is 0.182 e. The molecule has 20 heavy (non-hydrogen) atoms. The predicted octanol–water partition coefficient (Wildman–Crippen LogP) is 4.76. The quantitative estimate of drug-likeness (QED) is 0.642. The molecule has 2 aromatic carbocycles. The average Bonchev–Trinajstić information content (AvgIpc) is 2.67. The summed E-state index contributed by atoms with van der Waals surface area (Å²) in [6.45, 7) is 0. The van der Waals surface area contributed by atoms with Crippen molar-refractivity contribution in [2.24, 2.45) is 0 Å². The van der Waals surface area contributed by atoms with Crippen LogP contribution in [0.1, 0.15) is 0 Å².